The van der Waals surface area contributed by atoms with E-state index in [1.165, 1.54) is 0 Å². The fraction of sp³-hybridized carbons (Fsp3) is 0.417. The van der Waals surface area contributed by atoms with Gasteiger partial charge in [-0.1, -0.05) is 6.42 Å². The minimum Gasteiger partial charge on any atom is -0.480 e. The van der Waals surface area contributed by atoms with Gasteiger partial charge in [-0.3, -0.25) is 9.59 Å². The summed E-state index contributed by atoms with van der Waals surface area (Å²) in [6.07, 6.45) is 2.99. The molecule has 3 rings (SSSR count). The first-order valence-electron chi connectivity index (χ1n) is 5.97. The Bertz CT molecular complexity index is 511. The van der Waals surface area contributed by atoms with E-state index in [0.29, 0.717) is 17.4 Å². The molecular formula is C12H13N3O3. The Labute approximate surface area is 104 Å². The Morgan fingerprint density at radius 1 is 1.44 bits per heavy atom. The van der Waals surface area contributed by atoms with E-state index in [1.807, 2.05) is 0 Å². The fourth-order valence-corrected chi connectivity index (χ4v) is 1.93. The highest BCUT2D eigenvalue weighted by Crippen LogP contribution is 2.29. The summed E-state index contributed by atoms with van der Waals surface area (Å²) >= 11 is 0. The number of anilines is 2. The lowest BCUT2D eigenvalue weighted by Gasteiger charge is -2.24. The molecule has 1 aliphatic carbocycles. The molecule has 6 nitrogen and oxygen atoms in total. The molecule has 1 aromatic heterocycles. The smallest absolute Gasteiger partial charge is 0.263 e. The predicted molar refractivity (Wildman–Crippen MR) is 64.3 cm³/mol. The maximum atomic E-state index is 11.8. The monoisotopic (exact) mass is 247 g/mol. The number of rotatable bonds is 2. The van der Waals surface area contributed by atoms with Gasteiger partial charge in [0, 0.05) is 5.92 Å². The molecule has 18 heavy (non-hydrogen) atoms. The van der Waals surface area contributed by atoms with Gasteiger partial charge in [0.15, 0.2) is 18.2 Å². The summed E-state index contributed by atoms with van der Waals surface area (Å²) in [7, 11) is 0. The van der Waals surface area contributed by atoms with Crippen molar-refractivity contribution in [3.05, 3.63) is 12.1 Å². The van der Waals surface area contributed by atoms with Crippen LogP contribution in [-0.2, 0) is 9.59 Å². The zero-order chi connectivity index (χ0) is 12.5. The minimum atomic E-state index is -0.238. The number of aromatic nitrogens is 1. The molecule has 2 amide bonds. The Morgan fingerprint density at radius 3 is 3.00 bits per heavy atom. The highest BCUT2D eigenvalue weighted by molar-refractivity contribution is 5.95. The Kier molecular flexibility index (Phi) is 2.62. The van der Waals surface area contributed by atoms with Crippen LogP contribution in [0.4, 0.5) is 11.6 Å². The standard InChI is InChI=1S/C12H13N3O3/c16-10-6-18-8-4-5-9(13-11(8)15-10)14-12(17)7-2-1-3-7/h4-5,7H,1-3,6H2,(H2,13,14,15,16,17). The zero-order valence-corrected chi connectivity index (χ0v) is 9.73. The molecule has 2 N–H and O–H groups in total. The first kappa shape index (κ1) is 11.0. The highest BCUT2D eigenvalue weighted by atomic mass is 16.5. The molecule has 1 saturated carbocycles. The minimum absolute atomic E-state index is 0.00244. The lowest BCUT2D eigenvalue weighted by molar-refractivity contribution is -0.122. The van der Waals surface area contributed by atoms with E-state index in [0.717, 1.165) is 19.3 Å². The van der Waals surface area contributed by atoms with Crippen LogP contribution < -0.4 is 15.4 Å². The normalized spacial score (nSPS) is 18.1. The maximum Gasteiger partial charge on any atom is 0.263 e. The number of hydrogen-bond donors (Lipinski definition) is 2. The van der Waals surface area contributed by atoms with Gasteiger partial charge in [0.1, 0.15) is 5.82 Å². The average molecular weight is 247 g/mol. The van der Waals surface area contributed by atoms with Crippen molar-refractivity contribution in [1.29, 1.82) is 0 Å². The molecule has 0 saturated heterocycles. The summed E-state index contributed by atoms with van der Waals surface area (Å²) in [4.78, 5) is 27.1. The number of amides is 2. The first-order chi connectivity index (χ1) is 8.72. The van der Waals surface area contributed by atoms with Crippen molar-refractivity contribution in [3.8, 4) is 5.75 Å². The number of nitrogens with zero attached hydrogens (tertiary/aromatic N) is 1. The third-order valence-corrected chi connectivity index (χ3v) is 3.20. The molecule has 0 radical (unpaired) electrons. The van der Waals surface area contributed by atoms with Crippen LogP contribution in [0.1, 0.15) is 19.3 Å². The van der Waals surface area contributed by atoms with Gasteiger partial charge < -0.3 is 15.4 Å². The molecular weight excluding hydrogens is 234 g/mol. The summed E-state index contributed by atoms with van der Waals surface area (Å²) in [5.41, 5.74) is 0. The summed E-state index contributed by atoms with van der Waals surface area (Å²) in [5.74, 6) is 1.19. The van der Waals surface area contributed by atoms with Crippen molar-refractivity contribution in [2.24, 2.45) is 5.92 Å². The van der Waals surface area contributed by atoms with Gasteiger partial charge in [0.25, 0.3) is 5.91 Å². The maximum absolute atomic E-state index is 11.8. The molecule has 1 fully saturated rings. The van der Waals surface area contributed by atoms with Gasteiger partial charge in [-0.15, -0.1) is 0 Å². The summed E-state index contributed by atoms with van der Waals surface area (Å²) in [6, 6.07) is 3.37. The van der Waals surface area contributed by atoms with Gasteiger partial charge in [0.2, 0.25) is 5.91 Å². The van der Waals surface area contributed by atoms with Crippen LogP contribution in [0.5, 0.6) is 5.75 Å². The number of pyridine rings is 1. The molecule has 0 spiro atoms. The van der Waals surface area contributed by atoms with Crippen LogP contribution in [-0.4, -0.2) is 23.4 Å². The summed E-state index contributed by atoms with van der Waals surface area (Å²) < 4.78 is 5.19. The third kappa shape index (κ3) is 2.01. The lowest BCUT2D eigenvalue weighted by atomic mass is 9.85. The number of carbonyl (C=O) groups is 2. The van der Waals surface area contributed by atoms with Gasteiger partial charge in [0.05, 0.1) is 0 Å². The largest absolute Gasteiger partial charge is 0.480 e. The van der Waals surface area contributed by atoms with E-state index in [-0.39, 0.29) is 24.3 Å². The van der Waals surface area contributed by atoms with Crippen molar-refractivity contribution < 1.29 is 14.3 Å². The van der Waals surface area contributed by atoms with Crippen LogP contribution >= 0.6 is 0 Å². The highest BCUT2D eigenvalue weighted by Gasteiger charge is 2.26. The Hall–Kier alpha value is -2.11. The second-order valence-electron chi connectivity index (χ2n) is 4.50. The topological polar surface area (TPSA) is 80.3 Å². The van der Waals surface area contributed by atoms with Crippen molar-refractivity contribution in [2.45, 2.75) is 19.3 Å². The van der Waals surface area contributed by atoms with Crippen LogP contribution in [0.3, 0.4) is 0 Å². The fourth-order valence-electron chi connectivity index (χ4n) is 1.93. The number of fused-ring (bicyclic) bond motifs is 1. The molecule has 6 heteroatoms. The van der Waals surface area contributed by atoms with Crippen LogP contribution in [0.15, 0.2) is 12.1 Å². The van der Waals surface area contributed by atoms with Crippen LogP contribution in [0.2, 0.25) is 0 Å². The third-order valence-electron chi connectivity index (χ3n) is 3.20. The van der Waals surface area contributed by atoms with Gasteiger partial charge in [-0.25, -0.2) is 4.98 Å². The molecule has 0 aromatic carbocycles. The van der Waals surface area contributed by atoms with Gasteiger partial charge >= 0.3 is 0 Å². The molecule has 0 unspecified atom stereocenters. The van der Waals surface area contributed by atoms with Crippen LogP contribution in [0, 0.1) is 5.92 Å². The number of nitrogens with one attached hydrogen (secondary N) is 2. The van der Waals surface area contributed by atoms with E-state index < -0.39 is 0 Å². The molecule has 94 valence electrons. The first-order valence-corrected chi connectivity index (χ1v) is 5.97. The van der Waals surface area contributed by atoms with E-state index in [2.05, 4.69) is 15.6 Å². The average Bonchev–Trinajstić information content (AvgIpc) is 2.25. The second-order valence-corrected chi connectivity index (χ2v) is 4.50. The molecule has 2 aliphatic rings. The summed E-state index contributed by atoms with van der Waals surface area (Å²) in [5, 5.41) is 5.36. The van der Waals surface area contributed by atoms with E-state index in [9.17, 15) is 9.59 Å². The van der Waals surface area contributed by atoms with E-state index in [4.69, 9.17) is 4.74 Å². The summed E-state index contributed by atoms with van der Waals surface area (Å²) in [6.45, 7) is 0.00244. The lowest BCUT2D eigenvalue weighted by Crippen LogP contribution is -2.29. The van der Waals surface area contributed by atoms with Crippen molar-refractivity contribution in [2.75, 3.05) is 17.2 Å². The Balaban J connectivity index is 1.75. The van der Waals surface area contributed by atoms with Gasteiger partial charge in [-0.05, 0) is 25.0 Å². The van der Waals surface area contributed by atoms with E-state index >= 15 is 0 Å². The molecule has 0 atom stereocenters. The number of carbonyl (C=O) groups excluding carboxylic acids is 2. The second kappa shape index (κ2) is 4.29. The predicted octanol–water partition coefficient (Wildman–Crippen LogP) is 1.15. The number of ether oxygens (including phenoxy) is 1. The molecule has 0 bridgehead atoms. The van der Waals surface area contributed by atoms with Crippen LogP contribution in [0.25, 0.3) is 0 Å². The quantitative estimate of drug-likeness (QED) is 0.821. The van der Waals surface area contributed by atoms with Crippen molar-refractivity contribution >= 4 is 23.5 Å². The number of hydrogen-bond acceptors (Lipinski definition) is 4. The molecule has 1 aliphatic heterocycles. The van der Waals surface area contributed by atoms with Crippen molar-refractivity contribution in [1.82, 2.24) is 4.98 Å². The molecule has 1 aromatic rings. The molecule has 2 heterocycles. The van der Waals surface area contributed by atoms with E-state index in [1.54, 1.807) is 12.1 Å². The van der Waals surface area contributed by atoms with Gasteiger partial charge in [-0.2, -0.15) is 0 Å². The zero-order valence-electron chi connectivity index (χ0n) is 9.73. The van der Waals surface area contributed by atoms with Crippen molar-refractivity contribution in [3.63, 3.8) is 0 Å². The Morgan fingerprint density at radius 2 is 2.28 bits per heavy atom. The SMILES string of the molecule is O=C1COc2ccc(NC(=O)C3CCC3)nc2N1.